The smallest absolute Gasteiger partial charge is 0.250 e. The minimum absolute atomic E-state index is 0.339. The normalized spacial score (nSPS) is 9.90. The van der Waals surface area contributed by atoms with Gasteiger partial charge in [0.05, 0.1) is 25.5 Å². The zero-order chi connectivity index (χ0) is 14.5. The Labute approximate surface area is 117 Å². The van der Waals surface area contributed by atoms with Gasteiger partial charge in [-0.05, 0) is 18.2 Å². The van der Waals surface area contributed by atoms with Gasteiger partial charge < -0.3 is 20.5 Å². The Kier molecular flexibility index (Phi) is 4.10. The van der Waals surface area contributed by atoms with Gasteiger partial charge in [-0.3, -0.25) is 4.79 Å². The van der Waals surface area contributed by atoms with Crippen LogP contribution in [0.1, 0.15) is 10.4 Å². The zero-order valence-electron chi connectivity index (χ0n) is 11.3. The van der Waals surface area contributed by atoms with Crippen LogP contribution in [-0.4, -0.2) is 20.1 Å². The molecule has 5 heteroatoms. The van der Waals surface area contributed by atoms with E-state index in [1.807, 2.05) is 30.3 Å². The molecule has 104 valence electrons. The Balaban J connectivity index is 2.47. The van der Waals surface area contributed by atoms with E-state index in [-0.39, 0.29) is 0 Å². The van der Waals surface area contributed by atoms with Gasteiger partial charge in [0, 0.05) is 11.8 Å². The molecule has 0 bridgehead atoms. The second-order valence-corrected chi connectivity index (χ2v) is 4.11. The number of primary amides is 1. The summed E-state index contributed by atoms with van der Waals surface area (Å²) in [4.78, 5) is 11.6. The van der Waals surface area contributed by atoms with E-state index in [0.29, 0.717) is 22.7 Å². The highest BCUT2D eigenvalue weighted by molar-refractivity contribution is 6.00. The molecule has 0 spiro atoms. The van der Waals surface area contributed by atoms with Crippen LogP contribution in [0.5, 0.6) is 11.5 Å². The van der Waals surface area contributed by atoms with Crippen LogP contribution in [0.3, 0.4) is 0 Å². The molecule has 0 aliphatic carbocycles. The summed E-state index contributed by atoms with van der Waals surface area (Å²) in [6.45, 7) is 0. The van der Waals surface area contributed by atoms with E-state index < -0.39 is 5.91 Å². The van der Waals surface area contributed by atoms with Gasteiger partial charge in [-0.2, -0.15) is 0 Å². The van der Waals surface area contributed by atoms with Crippen molar-refractivity contribution in [3.05, 3.63) is 48.0 Å². The van der Waals surface area contributed by atoms with Crippen molar-refractivity contribution in [3.63, 3.8) is 0 Å². The first-order valence-corrected chi connectivity index (χ1v) is 6.03. The maximum Gasteiger partial charge on any atom is 0.250 e. The lowest BCUT2D eigenvalue weighted by molar-refractivity contribution is 0.100. The van der Waals surface area contributed by atoms with Crippen LogP contribution in [0, 0.1) is 0 Å². The van der Waals surface area contributed by atoms with Gasteiger partial charge in [0.2, 0.25) is 0 Å². The van der Waals surface area contributed by atoms with E-state index in [4.69, 9.17) is 15.2 Å². The Morgan fingerprint density at radius 3 is 2.20 bits per heavy atom. The van der Waals surface area contributed by atoms with Crippen LogP contribution in [-0.2, 0) is 0 Å². The number of para-hydroxylation sites is 1. The third-order valence-electron chi connectivity index (χ3n) is 2.84. The number of hydrogen-bond donors (Lipinski definition) is 2. The molecule has 1 amide bonds. The summed E-state index contributed by atoms with van der Waals surface area (Å²) >= 11 is 0. The molecule has 2 aromatic rings. The van der Waals surface area contributed by atoms with E-state index >= 15 is 0 Å². The lowest BCUT2D eigenvalue weighted by Gasteiger charge is -2.14. The van der Waals surface area contributed by atoms with E-state index in [0.717, 1.165) is 5.69 Å². The highest BCUT2D eigenvalue weighted by atomic mass is 16.5. The standard InChI is InChI=1S/C15H16N2O3/c1-19-13-8-11(15(16)18)12(9-14(13)20-2)17-10-6-4-3-5-7-10/h3-9,17H,1-2H3,(H2,16,18). The Hall–Kier alpha value is -2.69. The molecule has 3 N–H and O–H groups in total. The summed E-state index contributed by atoms with van der Waals surface area (Å²) < 4.78 is 10.4. The first-order chi connectivity index (χ1) is 9.65. The molecule has 0 fully saturated rings. The van der Waals surface area contributed by atoms with Gasteiger partial charge in [0.1, 0.15) is 0 Å². The van der Waals surface area contributed by atoms with Crippen LogP contribution in [0.4, 0.5) is 11.4 Å². The molecule has 0 saturated heterocycles. The number of methoxy groups -OCH3 is 2. The first kappa shape index (κ1) is 13.7. The number of carbonyl (C=O) groups excluding carboxylic acids is 1. The zero-order valence-corrected chi connectivity index (χ0v) is 11.3. The molecule has 2 rings (SSSR count). The second-order valence-electron chi connectivity index (χ2n) is 4.11. The molecule has 20 heavy (non-hydrogen) atoms. The predicted molar refractivity (Wildman–Crippen MR) is 77.8 cm³/mol. The number of amides is 1. The monoisotopic (exact) mass is 272 g/mol. The van der Waals surface area contributed by atoms with Gasteiger partial charge in [0.15, 0.2) is 11.5 Å². The SMILES string of the molecule is COc1cc(Nc2ccccc2)c(C(N)=O)cc1OC. The summed E-state index contributed by atoms with van der Waals surface area (Å²) in [5.41, 5.74) is 7.17. The molecule has 0 heterocycles. The predicted octanol–water partition coefficient (Wildman–Crippen LogP) is 2.55. The van der Waals surface area contributed by atoms with Crippen LogP contribution >= 0.6 is 0 Å². The largest absolute Gasteiger partial charge is 0.493 e. The van der Waals surface area contributed by atoms with Crippen LogP contribution < -0.4 is 20.5 Å². The maximum absolute atomic E-state index is 11.6. The van der Waals surface area contributed by atoms with Gasteiger partial charge in [-0.25, -0.2) is 0 Å². The Bertz CT molecular complexity index is 612. The van der Waals surface area contributed by atoms with Crippen LogP contribution in [0.25, 0.3) is 0 Å². The minimum atomic E-state index is -0.538. The van der Waals surface area contributed by atoms with Gasteiger partial charge >= 0.3 is 0 Å². The van der Waals surface area contributed by atoms with Gasteiger partial charge in [0.25, 0.3) is 5.91 Å². The molecule has 0 unspecified atom stereocenters. The molecule has 0 aliphatic rings. The summed E-state index contributed by atoms with van der Waals surface area (Å²) in [6, 6.07) is 12.7. The minimum Gasteiger partial charge on any atom is -0.493 e. The number of nitrogens with one attached hydrogen (secondary N) is 1. The third kappa shape index (κ3) is 2.83. The summed E-state index contributed by atoms with van der Waals surface area (Å²) in [5, 5.41) is 3.14. The van der Waals surface area contributed by atoms with Crippen molar-refractivity contribution in [2.24, 2.45) is 5.73 Å². The molecular formula is C15H16N2O3. The lowest BCUT2D eigenvalue weighted by atomic mass is 10.1. The summed E-state index contributed by atoms with van der Waals surface area (Å²) in [6.07, 6.45) is 0. The van der Waals surface area contributed by atoms with Crippen molar-refractivity contribution in [2.75, 3.05) is 19.5 Å². The fraction of sp³-hybridized carbons (Fsp3) is 0.133. The molecule has 2 aromatic carbocycles. The molecular weight excluding hydrogens is 256 g/mol. The van der Waals surface area contributed by atoms with Crippen molar-refractivity contribution < 1.29 is 14.3 Å². The summed E-state index contributed by atoms with van der Waals surface area (Å²) in [7, 11) is 3.04. The van der Waals surface area contributed by atoms with Crippen molar-refractivity contribution >= 4 is 17.3 Å². The van der Waals surface area contributed by atoms with Crippen LogP contribution in [0.15, 0.2) is 42.5 Å². The third-order valence-corrected chi connectivity index (χ3v) is 2.84. The Morgan fingerprint density at radius 1 is 1.05 bits per heavy atom. The highest BCUT2D eigenvalue weighted by Crippen LogP contribution is 2.34. The summed E-state index contributed by atoms with van der Waals surface area (Å²) in [5.74, 6) is 0.445. The lowest BCUT2D eigenvalue weighted by Crippen LogP contribution is -2.14. The van der Waals surface area contributed by atoms with Gasteiger partial charge in [-0.15, -0.1) is 0 Å². The topological polar surface area (TPSA) is 73.6 Å². The van der Waals surface area contributed by atoms with Crippen molar-refractivity contribution in [3.8, 4) is 11.5 Å². The maximum atomic E-state index is 11.6. The number of ether oxygens (including phenoxy) is 2. The Morgan fingerprint density at radius 2 is 1.65 bits per heavy atom. The van der Waals surface area contributed by atoms with E-state index in [1.165, 1.54) is 14.2 Å². The number of carbonyl (C=O) groups is 1. The van der Waals surface area contributed by atoms with Gasteiger partial charge in [-0.1, -0.05) is 18.2 Å². The number of hydrogen-bond acceptors (Lipinski definition) is 4. The average Bonchev–Trinajstić information content (AvgIpc) is 2.47. The van der Waals surface area contributed by atoms with Crippen molar-refractivity contribution in [1.82, 2.24) is 0 Å². The highest BCUT2D eigenvalue weighted by Gasteiger charge is 2.15. The second kappa shape index (κ2) is 5.97. The van der Waals surface area contributed by atoms with Crippen molar-refractivity contribution in [2.45, 2.75) is 0 Å². The van der Waals surface area contributed by atoms with E-state index in [2.05, 4.69) is 5.32 Å². The first-order valence-electron chi connectivity index (χ1n) is 6.03. The van der Waals surface area contributed by atoms with Crippen molar-refractivity contribution in [1.29, 1.82) is 0 Å². The number of nitrogens with two attached hydrogens (primary N) is 1. The van der Waals surface area contributed by atoms with E-state index in [9.17, 15) is 4.79 Å². The fourth-order valence-corrected chi connectivity index (χ4v) is 1.86. The number of rotatable bonds is 5. The molecule has 0 saturated carbocycles. The molecule has 0 atom stereocenters. The number of anilines is 2. The van der Waals surface area contributed by atoms with Crippen LogP contribution in [0.2, 0.25) is 0 Å². The average molecular weight is 272 g/mol. The number of benzene rings is 2. The quantitative estimate of drug-likeness (QED) is 0.877. The molecule has 0 aliphatic heterocycles. The van der Waals surface area contributed by atoms with E-state index in [1.54, 1.807) is 12.1 Å². The fourth-order valence-electron chi connectivity index (χ4n) is 1.86. The molecule has 5 nitrogen and oxygen atoms in total. The molecule has 0 radical (unpaired) electrons. The molecule has 0 aromatic heterocycles.